The number of thiophene rings is 1. The predicted molar refractivity (Wildman–Crippen MR) is 99.4 cm³/mol. The van der Waals surface area contributed by atoms with E-state index in [2.05, 4.69) is 27.5 Å². The van der Waals surface area contributed by atoms with Gasteiger partial charge in [0.25, 0.3) is 0 Å². The van der Waals surface area contributed by atoms with E-state index >= 15 is 0 Å². The second-order valence-electron chi connectivity index (χ2n) is 5.14. The molecule has 24 heavy (non-hydrogen) atoms. The fraction of sp³-hybridized carbons (Fsp3) is 0.278. The lowest BCUT2D eigenvalue weighted by molar-refractivity contribution is -0.142. The summed E-state index contributed by atoms with van der Waals surface area (Å²) in [5.41, 5.74) is 2.24. The summed E-state index contributed by atoms with van der Waals surface area (Å²) < 4.78 is 5.17. The lowest BCUT2D eigenvalue weighted by Crippen LogP contribution is -2.19. The van der Waals surface area contributed by atoms with Gasteiger partial charge in [-0.05, 0) is 18.9 Å². The molecule has 0 aliphatic rings. The number of carbonyl (C=O) groups excluding carboxylic acids is 1. The molecule has 3 aromatic rings. The number of benzene rings is 1. The number of hydrogen-bond donors (Lipinski definition) is 0. The van der Waals surface area contributed by atoms with Crippen LogP contribution in [0.25, 0.3) is 21.3 Å². The number of hydrogen-bond acceptors (Lipinski definition) is 6. The molecule has 6 heteroatoms. The van der Waals surface area contributed by atoms with E-state index in [4.69, 9.17) is 4.74 Å². The smallest absolute Gasteiger partial charge is 0.319 e. The van der Waals surface area contributed by atoms with Crippen LogP contribution >= 0.6 is 23.1 Å². The van der Waals surface area contributed by atoms with E-state index < -0.39 is 0 Å². The molecule has 2 aromatic heterocycles. The average molecular weight is 358 g/mol. The molecule has 0 radical (unpaired) electrons. The first-order valence-electron chi connectivity index (χ1n) is 7.85. The number of fused-ring (bicyclic) bond motifs is 1. The van der Waals surface area contributed by atoms with Gasteiger partial charge in [0.1, 0.15) is 21.4 Å². The monoisotopic (exact) mass is 358 g/mol. The van der Waals surface area contributed by atoms with Crippen LogP contribution in [0.4, 0.5) is 0 Å². The van der Waals surface area contributed by atoms with Crippen LogP contribution in [0.3, 0.4) is 0 Å². The zero-order chi connectivity index (χ0) is 16.9. The molecule has 0 saturated carbocycles. The number of thioether (sulfide) groups is 1. The van der Waals surface area contributed by atoms with Gasteiger partial charge in [-0.25, -0.2) is 9.97 Å². The van der Waals surface area contributed by atoms with Gasteiger partial charge in [0.05, 0.1) is 12.0 Å². The van der Waals surface area contributed by atoms with Crippen molar-refractivity contribution in [1.29, 1.82) is 0 Å². The average Bonchev–Trinajstić information content (AvgIpc) is 3.05. The van der Waals surface area contributed by atoms with Crippen LogP contribution in [0.1, 0.15) is 20.3 Å². The van der Waals surface area contributed by atoms with Gasteiger partial charge in [0.15, 0.2) is 0 Å². The lowest BCUT2D eigenvalue weighted by Gasteiger charge is -2.13. The van der Waals surface area contributed by atoms with Crippen molar-refractivity contribution >= 4 is 39.3 Å². The van der Waals surface area contributed by atoms with Crippen molar-refractivity contribution in [2.24, 2.45) is 0 Å². The Bertz CT molecular complexity index is 833. The van der Waals surface area contributed by atoms with Crippen molar-refractivity contribution in [3.8, 4) is 11.1 Å². The van der Waals surface area contributed by atoms with Crippen molar-refractivity contribution in [3.05, 3.63) is 42.0 Å². The molecular weight excluding hydrogens is 340 g/mol. The molecule has 0 N–H and O–H groups in total. The normalized spacial score (nSPS) is 12.2. The molecule has 0 aliphatic carbocycles. The zero-order valence-corrected chi connectivity index (χ0v) is 15.2. The molecule has 3 rings (SSSR count). The van der Waals surface area contributed by atoms with E-state index in [9.17, 15) is 4.79 Å². The van der Waals surface area contributed by atoms with Crippen LogP contribution in [-0.2, 0) is 9.53 Å². The molecule has 0 bridgehead atoms. The topological polar surface area (TPSA) is 52.1 Å². The first-order chi connectivity index (χ1) is 11.7. The largest absolute Gasteiger partial charge is 0.465 e. The summed E-state index contributed by atoms with van der Waals surface area (Å²) in [6.45, 7) is 4.20. The Morgan fingerprint density at radius 1 is 1.25 bits per heavy atom. The van der Waals surface area contributed by atoms with Crippen LogP contribution in [0.5, 0.6) is 0 Å². The summed E-state index contributed by atoms with van der Waals surface area (Å²) in [4.78, 5) is 21.9. The van der Waals surface area contributed by atoms with Crippen molar-refractivity contribution in [1.82, 2.24) is 9.97 Å². The second-order valence-corrected chi connectivity index (χ2v) is 7.19. The van der Waals surface area contributed by atoms with E-state index in [1.54, 1.807) is 17.7 Å². The van der Waals surface area contributed by atoms with Gasteiger partial charge in [-0.1, -0.05) is 49.0 Å². The third kappa shape index (κ3) is 3.44. The van der Waals surface area contributed by atoms with Gasteiger partial charge in [0, 0.05) is 10.9 Å². The number of carbonyl (C=O) groups is 1. The molecule has 0 amide bonds. The highest BCUT2D eigenvalue weighted by Gasteiger charge is 2.22. The first kappa shape index (κ1) is 16.9. The summed E-state index contributed by atoms with van der Waals surface area (Å²) in [5, 5.41) is 3.69. The molecule has 124 valence electrons. The molecule has 0 saturated heterocycles. The molecule has 2 heterocycles. The quantitative estimate of drug-likeness (QED) is 0.360. The van der Waals surface area contributed by atoms with Crippen molar-refractivity contribution in [2.45, 2.75) is 30.5 Å². The van der Waals surface area contributed by atoms with E-state index in [0.29, 0.717) is 13.0 Å². The predicted octanol–water partition coefficient (Wildman–Crippen LogP) is 4.79. The molecule has 1 atom stereocenters. The lowest BCUT2D eigenvalue weighted by atomic mass is 10.1. The van der Waals surface area contributed by atoms with Gasteiger partial charge >= 0.3 is 5.97 Å². The minimum Gasteiger partial charge on any atom is -0.465 e. The zero-order valence-electron chi connectivity index (χ0n) is 13.6. The number of nitrogens with zero attached hydrogens (tertiary/aromatic N) is 2. The maximum atomic E-state index is 12.1. The van der Waals surface area contributed by atoms with E-state index in [-0.39, 0.29) is 11.2 Å². The molecule has 4 nitrogen and oxygen atoms in total. The van der Waals surface area contributed by atoms with Gasteiger partial charge in [-0.2, -0.15) is 0 Å². The Morgan fingerprint density at radius 3 is 2.75 bits per heavy atom. The standard InChI is InChI=1S/C18H18N2O2S2/c1-3-14(18(21)22-4-2)24-17-15-13(12-8-6-5-7-9-12)10-23-16(15)19-11-20-17/h5-11,14H,3-4H2,1-2H3. The van der Waals surface area contributed by atoms with Crippen molar-refractivity contribution in [2.75, 3.05) is 6.61 Å². The van der Waals surface area contributed by atoms with Crippen molar-refractivity contribution in [3.63, 3.8) is 0 Å². The van der Waals surface area contributed by atoms with Crippen LogP contribution in [0.2, 0.25) is 0 Å². The molecule has 0 fully saturated rings. The summed E-state index contributed by atoms with van der Waals surface area (Å²) in [6, 6.07) is 10.2. The third-order valence-corrected chi connectivity index (χ3v) is 5.82. The first-order valence-corrected chi connectivity index (χ1v) is 9.61. The van der Waals surface area contributed by atoms with Crippen LogP contribution in [0, 0.1) is 0 Å². The Hall–Kier alpha value is -1.92. The Kier molecular flexibility index (Phi) is 5.48. The highest BCUT2D eigenvalue weighted by Crippen LogP contribution is 2.39. The Labute approximate surface area is 149 Å². The number of rotatable bonds is 6. The number of ether oxygens (including phenoxy) is 1. The van der Waals surface area contributed by atoms with Gasteiger partial charge < -0.3 is 4.74 Å². The highest BCUT2D eigenvalue weighted by atomic mass is 32.2. The maximum absolute atomic E-state index is 12.1. The van der Waals surface area contributed by atoms with Gasteiger partial charge in [-0.15, -0.1) is 11.3 Å². The third-order valence-electron chi connectivity index (χ3n) is 3.59. The van der Waals surface area contributed by atoms with Crippen LogP contribution in [0.15, 0.2) is 47.1 Å². The Morgan fingerprint density at radius 2 is 2.04 bits per heavy atom. The van der Waals surface area contributed by atoms with Crippen molar-refractivity contribution < 1.29 is 9.53 Å². The summed E-state index contributed by atoms with van der Waals surface area (Å²) in [6.07, 6.45) is 2.26. The molecule has 0 aliphatic heterocycles. The molecular formula is C18H18N2O2S2. The van der Waals surface area contributed by atoms with Gasteiger partial charge in [-0.3, -0.25) is 4.79 Å². The minimum absolute atomic E-state index is 0.187. The van der Waals surface area contributed by atoms with E-state index in [0.717, 1.165) is 26.4 Å². The minimum atomic E-state index is -0.258. The number of aromatic nitrogens is 2. The second kappa shape index (κ2) is 7.77. The Balaban J connectivity index is 2.02. The van der Waals surface area contributed by atoms with Gasteiger partial charge in [0.2, 0.25) is 0 Å². The number of esters is 1. The summed E-state index contributed by atoms with van der Waals surface area (Å²) >= 11 is 3.06. The maximum Gasteiger partial charge on any atom is 0.319 e. The van der Waals surface area contributed by atoms with Crippen LogP contribution in [-0.4, -0.2) is 27.8 Å². The molecule has 0 spiro atoms. The fourth-order valence-electron chi connectivity index (χ4n) is 2.44. The van der Waals surface area contributed by atoms with E-state index in [1.807, 2.05) is 32.0 Å². The molecule has 1 unspecified atom stereocenters. The van der Waals surface area contributed by atoms with Crippen LogP contribution < -0.4 is 0 Å². The fourth-order valence-corrected chi connectivity index (χ4v) is 4.45. The SMILES string of the molecule is CCOC(=O)C(CC)Sc1ncnc2scc(-c3ccccc3)c12. The molecule has 1 aromatic carbocycles. The van der Waals surface area contributed by atoms with E-state index in [1.165, 1.54) is 11.8 Å². The summed E-state index contributed by atoms with van der Waals surface area (Å²) in [7, 11) is 0. The highest BCUT2D eigenvalue weighted by molar-refractivity contribution is 8.00. The summed E-state index contributed by atoms with van der Waals surface area (Å²) in [5.74, 6) is -0.187.